The molecule has 0 saturated heterocycles. The molecule has 16 heavy (non-hydrogen) atoms. The van der Waals surface area contributed by atoms with E-state index in [0.717, 1.165) is 37.4 Å². The first kappa shape index (κ1) is 12.8. The SMILES string of the molecule is CN1CCc2cncc(P(P)PP)c2C1=O. The first-order valence-electron chi connectivity index (χ1n) is 4.88. The Hall–Kier alpha value is 0.340. The van der Waals surface area contributed by atoms with E-state index in [0.29, 0.717) is 0 Å². The van der Waals surface area contributed by atoms with Gasteiger partial charge in [0.1, 0.15) is 0 Å². The number of pyridine rings is 1. The van der Waals surface area contributed by atoms with Gasteiger partial charge in [-0.1, -0.05) is 7.96 Å². The molecule has 1 amide bonds. The van der Waals surface area contributed by atoms with Gasteiger partial charge >= 0.3 is 0 Å². The fourth-order valence-corrected chi connectivity index (χ4v) is 5.34. The highest BCUT2D eigenvalue weighted by molar-refractivity contribution is 8.63. The van der Waals surface area contributed by atoms with Crippen molar-refractivity contribution in [3.8, 4) is 0 Å². The number of fused-ring (bicyclic) bond motifs is 1. The largest absolute Gasteiger partial charge is 0.341 e. The van der Waals surface area contributed by atoms with Gasteiger partial charge in [-0.15, -0.1) is 17.9 Å². The third-order valence-corrected chi connectivity index (χ3v) is 12.7. The molecule has 0 aromatic carbocycles. The lowest BCUT2D eigenvalue weighted by atomic mass is 10.0. The van der Waals surface area contributed by atoms with Gasteiger partial charge in [0, 0.05) is 31.3 Å². The van der Waals surface area contributed by atoms with E-state index in [-0.39, 0.29) is 13.2 Å². The molecule has 3 nitrogen and oxygen atoms in total. The summed E-state index contributed by atoms with van der Waals surface area (Å²) in [4.78, 5) is 18.2. The third kappa shape index (κ3) is 2.30. The Morgan fingerprint density at radius 2 is 2.31 bits per heavy atom. The molecule has 0 saturated carbocycles. The summed E-state index contributed by atoms with van der Waals surface area (Å²) in [6.45, 7) is 0.801. The zero-order chi connectivity index (χ0) is 11.7. The van der Waals surface area contributed by atoms with Crippen molar-refractivity contribution < 1.29 is 4.79 Å². The predicted octanol–water partition coefficient (Wildman–Crippen LogP) is 1.99. The Morgan fingerprint density at radius 1 is 1.56 bits per heavy atom. The van der Waals surface area contributed by atoms with Gasteiger partial charge in [-0.25, -0.2) is 0 Å². The summed E-state index contributed by atoms with van der Waals surface area (Å²) >= 11 is 0. The van der Waals surface area contributed by atoms with Crippen LogP contribution in [0, 0.1) is 0 Å². The normalized spacial score (nSPS) is 17.9. The first-order chi connectivity index (χ1) is 7.65. The summed E-state index contributed by atoms with van der Waals surface area (Å²) in [6, 6.07) is 0. The van der Waals surface area contributed by atoms with Crippen LogP contribution in [0.25, 0.3) is 0 Å². The maximum absolute atomic E-state index is 12.2. The Bertz CT molecular complexity index is 426. The molecular weight excluding hydrogens is 276 g/mol. The van der Waals surface area contributed by atoms with Gasteiger partial charge in [-0.3, -0.25) is 9.78 Å². The van der Waals surface area contributed by atoms with Gasteiger partial charge < -0.3 is 4.90 Å². The number of hydrogen-bond acceptors (Lipinski definition) is 2. The minimum atomic E-state index is -0.336. The van der Waals surface area contributed by atoms with Crippen LogP contribution in [0.3, 0.4) is 0 Å². The molecule has 1 aromatic heterocycles. The lowest BCUT2D eigenvalue weighted by Crippen LogP contribution is -2.37. The third-order valence-electron chi connectivity index (χ3n) is 2.68. The van der Waals surface area contributed by atoms with Crippen LogP contribution < -0.4 is 5.30 Å². The fourth-order valence-electron chi connectivity index (χ4n) is 1.76. The fraction of sp³-hybridized carbons (Fsp3) is 0.333. The number of nitrogens with zero attached hydrogens (tertiary/aromatic N) is 2. The minimum Gasteiger partial charge on any atom is -0.341 e. The molecular formula is C9H14N2OP4. The summed E-state index contributed by atoms with van der Waals surface area (Å²) in [7, 11) is 7.89. The van der Waals surface area contributed by atoms with Crippen LogP contribution in [0.5, 0.6) is 0 Å². The van der Waals surface area contributed by atoms with Crippen molar-refractivity contribution in [2.45, 2.75) is 6.42 Å². The van der Waals surface area contributed by atoms with E-state index in [9.17, 15) is 4.79 Å². The van der Waals surface area contributed by atoms with E-state index in [1.54, 1.807) is 4.90 Å². The summed E-state index contributed by atoms with van der Waals surface area (Å²) in [5.74, 6) is 0.150. The summed E-state index contributed by atoms with van der Waals surface area (Å²) in [6.07, 6.45) is 4.61. The summed E-state index contributed by atoms with van der Waals surface area (Å²) in [5, 5.41) is 1.13. The molecule has 4 unspecified atom stereocenters. The van der Waals surface area contributed by atoms with Crippen molar-refractivity contribution in [1.82, 2.24) is 9.88 Å². The lowest BCUT2D eigenvalue weighted by Gasteiger charge is -2.27. The molecule has 7 heteroatoms. The highest BCUT2D eigenvalue weighted by atomic mass is 32.6. The van der Waals surface area contributed by atoms with E-state index in [2.05, 4.69) is 22.8 Å². The van der Waals surface area contributed by atoms with Crippen molar-refractivity contribution in [2.24, 2.45) is 0 Å². The monoisotopic (exact) mass is 290 g/mol. The van der Waals surface area contributed by atoms with Crippen molar-refractivity contribution in [3.63, 3.8) is 0 Å². The van der Waals surface area contributed by atoms with Gasteiger partial charge in [0.15, 0.2) is 0 Å². The predicted molar refractivity (Wildman–Crippen MR) is 79.2 cm³/mol. The van der Waals surface area contributed by atoms with Crippen LogP contribution in [-0.2, 0) is 6.42 Å². The molecule has 4 atom stereocenters. The van der Waals surface area contributed by atoms with Crippen LogP contribution >= 0.6 is 33.1 Å². The molecule has 1 aliphatic heterocycles. The zero-order valence-electron chi connectivity index (χ0n) is 8.97. The van der Waals surface area contributed by atoms with Gasteiger partial charge in [0.05, 0.1) is 5.56 Å². The van der Waals surface area contributed by atoms with Crippen molar-refractivity contribution in [3.05, 3.63) is 23.5 Å². The van der Waals surface area contributed by atoms with E-state index in [4.69, 9.17) is 0 Å². The van der Waals surface area contributed by atoms with Crippen LogP contribution in [0.1, 0.15) is 15.9 Å². The maximum atomic E-state index is 12.2. The second-order valence-electron chi connectivity index (χ2n) is 3.67. The molecule has 1 aromatic rings. The summed E-state index contributed by atoms with van der Waals surface area (Å²) < 4.78 is 0. The highest BCUT2D eigenvalue weighted by Crippen LogP contribution is 2.65. The molecule has 0 spiro atoms. The van der Waals surface area contributed by atoms with Gasteiger partial charge in [-0.05, 0) is 19.3 Å². The smallest absolute Gasteiger partial charge is 0.254 e. The number of likely N-dealkylation sites (N-methyl/N-ethyl adjacent to an activating group) is 1. The number of carbonyl (C=O) groups excluding carboxylic acids is 1. The quantitative estimate of drug-likeness (QED) is 0.780. The topological polar surface area (TPSA) is 33.2 Å². The lowest BCUT2D eigenvalue weighted by molar-refractivity contribution is 0.0782. The number of amides is 1. The van der Waals surface area contributed by atoms with Gasteiger partial charge in [0.2, 0.25) is 0 Å². The Labute approximate surface area is 103 Å². The maximum Gasteiger partial charge on any atom is 0.254 e. The van der Waals surface area contributed by atoms with Crippen molar-refractivity contribution in [2.75, 3.05) is 13.6 Å². The van der Waals surface area contributed by atoms with Crippen LogP contribution in [-0.4, -0.2) is 29.4 Å². The van der Waals surface area contributed by atoms with Gasteiger partial charge in [0.25, 0.3) is 5.91 Å². The standard InChI is InChI=1S/C9H14N2OP4/c1-11-3-2-6-4-10-5-7(16(14)15-13)8(6)9(11)12/h4-5,15H,2-3,13-14H2,1H3. The van der Waals surface area contributed by atoms with Crippen LogP contribution in [0.2, 0.25) is 0 Å². The number of aromatic nitrogens is 1. The molecule has 0 aliphatic carbocycles. The average Bonchev–Trinajstić information content (AvgIpc) is 2.32. The molecule has 86 valence electrons. The van der Waals surface area contributed by atoms with Crippen LogP contribution in [0.15, 0.2) is 12.4 Å². The number of carbonyl (C=O) groups is 1. The molecule has 0 radical (unpaired) electrons. The Morgan fingerprint density at radius 3 is 3.00 bits per heavy atom. The second-order valence-corrected chi connectivity index (χ2v) is 12.8. The average molecular weight is 290 g/mol. The molecule has 1 aliphatic rings. The Balaban J connectivity index is 2.52. The summed E-state index contributed by atoms with van der Waals surface area (Å²) in [5.41, 5.74) is 2.01. The first-order valence-corrected chi connectivity index (χ1v) is 11.5. The van der Waals surface area contributed by atoms with E-state index in [1.807, 2.05) is 19.4 Å². The molecule has 2 heterocycles. The number of hydrogen-bond donors (Lipinski definition) is 0. The molecule has 0 fully saturated rings. The number of rotatable bonds is 2. The second kappa shape index (κ2) is 5.32. The molecule has 2 rings (SSSR count). The van der Waals surface area contributed by atoms with Crippen LogP contribution in [0.4, 0.5) is 0 Å². The molecule has 0 bridgehead atoms. The van der Waals surface area contributed by atoms with E-state index in [1.165, 1.54) is 0 Å². The highest BCUT2D eigenvalue weighted by Gasteiger charge is 2.26. The Kier molecular flexibility index (Phi) is 4.26. The molecule has 0 N–H and O–H groups in total. The van der Waals surface area contributed by atoms with Crippen molar-refractivity contribution in [1.29, 1.82) is 0 Å². The van der Waals surface area contributed by atoms with Crippen molar-refractivity contribution >= 4 is 44.3 Å². The zero-order valence-corrected chi connectivity index (χ0v) is 13.2. The van der Waals surface area contributed by atoms with E-state index >= 15 is 0 Å². The van der Waals surface area contributed by atoms with Gasteiger partial charge in [-0.2, -0.15) is 0 Å². The minimum absolute atomic E-state index is 0.150. The van der Waals surface area contributed by atoms with E-state index < -0.39 is 0 Å².